The van der Waals surface area contributed by atoms with Crippen LogP contribution in [0.2, 0.25) is 0 Å². The Morgan fingerprint density at radius 3 is 2.75 bits per heavy atom. The summed E-state index contributed by atoms with van der Waals surface area (Å²) in [5.74, 6) is 0. The highest BCUT2D eigenvalue weighted by Crippen LogP contribution is 2.40. The quantitative estimate of drug-likeness (QED) is 0.827. The van der Waals surface area contributed by atoms with Crippen LogP contribution in [0.5, 0.6) is 0 Å². The van der Waals surface area contributed by atoms with Crippen LogP contribution in [-0.2, 0) is 13.6 Å². The van der Waals surface area contributed by atoms with Gasteiger partial charge in [-0.05, 0) is 24.7 Å². The summed E-state index contributed by atoms with van der Waals surface area (Å²) < 4.78 is 1.83. The maximum Gasteiger partial charge on any atom is 0.0738 e. The molecule has 1 aliphatic carbocycles. The molecule has 1 fully saturated rings. The van der Waals surface area contributed by atoms with Gasteiger partial charge in [-0.1, -0.05) is 25.0 Å². The topological polar surface area (TPSA) is 42.7 Å². The van der Waals surface area contributed by atoms with Gasteiger partial charge in [0.2, 0.25) is 0 Å². The van der Waals surface area contributed by atoms with Crippen molar-refractivity contribution in [1.82, 2.24) is 20.3 Å². The average molecular weight is 222 g/mol. The molecule has 0 amide bonds. The van der Waals surface area contributed by atoms with Crippen molar-refractivity contribution >= 4 is 0 Å². The van der Waals surface area contributed by atoms with Gasteiger partial charge in [-0.2, -0.15) is 0 Å². The predicted octanol–water partition coefficient (Wildman–Crippen LogP) is 1.88. The van der Waals surface area contributed by atoms with Crippen LogP contribution in [0.15, 0.2) is 6.20 Å². The first-order valence-corrected chi connectivity index (χ1v) is 6.30. The molecule has 1 aliphatic rings. The van der Waals surface area contributed by atoms with Crippen LogP contribution in [0.25, 0.3) is 0 Å². The molecule has 1 aromatic heterocycles. The maximum atomic E-state index is 3.93. The van der Waals surface area contributed by atoms with Gasteiger partial charge in [0.15, 0.2) is 0 Å². The molecule has 1 saturated carbocycles. The van der Waals surface area contributed by atoms with Crippen LogP contribution in [-0.4, -0.2) is 21.5 Å². The van der Waals surface area contributed by atoms with E-state index < -0.39 is 0 Å². The minimum absolute atomic E-state index is 0.562. The summed E-state index contributed by atoms with van der Waals surface area (Å²) in [5.41, 5.74) is 1.72. The molecule has 4 heteroatoms. The van der Waals surface area contributed by atoms with E-state index >= 15 is 0 Å². The number of aromatic nitrogens is 3. The van der Waals surface area contributed by atoms with Crippen LogP contribution >= 0.6 is 0 Å². The Bertz CT molecular complexity index is 326. The van der Waals surface area contributed by atoms with Gasteiger partial charge in [0.05, 0.1) is 11.9 Å². The number of rotatable bonds is 5. The largest absolute Gasteiger partial charge is 0.311 e. The minimum atomic E-state index is 0.562. The van der Waals surface area contributed by atoms with E-state index in [0.717, 1.165) is 18.8 Å². The molecule has 0 aliphatic heterocycles. The molecule has 0 saturated heterocycles. The zero-order valence-corrected chi connectivity index (χ0v) is 10.4. The van der Waals surface area contributed by atoms with Crippen LogP contribution in [0.4, 0.5) is 0 Å². The van der Waals surface area contributed by atoms with Gasteiger partial charge >= 0.3 is 0 Å². The number of nitrogens with zero attached hydrogens (tertiary/aromatic N) is 3. The van der Waals surface area contributed by atoms with E-state index in [2.05, 4.69) is 22.6 Å². The standard InChI is InChI=1S/C12H22N4/c1-3-12(6-4-5-7-12)10-13-8-11-9-14-15-16(11)2/h9,13H,3-8,10H2,1-2H3. The molecular formula is C12H22N4. The van der Waals surface area contributed by atoms with Crippen molar-refractivity contribution in [2.75, 3.05) is 6.54 Å². The van der Waals surface area contributed by atoms with E-state index in [-0.39, 0.29) is 0 Å². The molecule has 0 spiro atoms. The molecule has 0 aromatic carbocycles. The Kier molecular flexibility index (Phi) is 3.59. The Balaban J connectivity index is 1.81. The Morgan fingerprint density at radius 2 is 2.19 bits per heavy atom. The van der Waals surface area contributed by atoms with Crippen molar-refractivity contribution in [3.63, 3.8) is 0 Å². The van der Waals surface area contributed by atoms with Gasteiger partial charge in [-0.15, -0.1) is 5.10 Å². The first-order chi connectivity index (χ1) is 7.76. The lowest BCUT2D eigenvalue weighted by Crippen LogP contribution is -2.31. The number of hydrogen-bond donors (Lipinski definition) is 1. The highest BCUT2D eigenvalue weighted by molar-refractivity contribution is 4.93. The highest BCUT2D eigenvalue weighted by atomic mass is 15.4. The first-order valence-electron chi connectivity index (χ1n) is 6.30. The molecule has 0 unspecified atom stereocenters. The molecule has 0 radical (unpaired) electrons. The minimum Gasteiger partial charge on any atom is -0.311 e. The molecule has 0 atom stereocenters. The Morgan fingerprint density at radius 1 is 1.44 bits per heavy atom. The van der Waals surface area contributed by atoms with Crippen molar-refractivity contribution in [2.45, 2.75) is 45.6 Å². The molecule has 1 N–H and O–H groups in total. The van der Waals surface area contributed by atoms with Crippen LogP contribution in [0.3, 0.4) is 0 Å². The second-order valence-corrected chi connectivity index (χ2v) is 5.01. The summed E-state index contributed by atoms with van der Waals surface area (Å²) in [6, 6.07) is 0. The molecule has 16 heavy (non-hydrogen) atoms. The summed E-state index contributed by atoms with van der Waals surface area (Å²) in [5, 5.41) is 11.4. The van der Waals surface area contributed by atoms with E-state index in [4.69, 9.17) is 0 Å². The lowest BCUT2D eigenvalue weighted by Gasteiger charge is -2.27. The third kappa shape index (κ3) is 2.43. The second-order valence-electron chi connectivity index (χ2n) is 5.01. The zero-order valence-electron chi connectivity index (χ0n) is 10.4. The smallest absolute Gasteiger partial charge is 0.0738 e. The van der Waals surface area contributed by atoms with Crippen LogP contribution < -0.4 is 5.32 Å². The summed E-state index contributed by atoms with van der Waals surface area (Å²) >= 11 is 0. The summed E-state index contributed by atoms with van der Waals surface area (Å²) in [6.45, 7) is 4.33. The predicted molar refractivity (Wildman–Crippen MR) is 63.9 cm³/mol. The molecule has 0 bridgehead atoms. The summed E-state index contributed by atoms with van der Waals surface area (Å²) in [7, 11) is 1.94. The van der Waals surface area contributed by atoms with Gasteiger partial charge in [-0.25, -0.2) is 0 Å². The van der Waals surface area contributed by atoms with E-state index in [1.54, 1.807) is 0 Å². The lowest BCUT2D eigenvalue weighted by molar-refractivity contribution is 0.267. The van der Waals surface area contributed by atoms with E-state index in [0.29, 0.717) is 5.41 Å². The molecule has 1 heterocycles. The summed E-state index contributed by atoms with van der Waals surface area (Å²) in [6.07, 6.45) is 8.72. The van der Waals surface area contributed by atoms with Gasteiger partial charge < -0.3 is 5.32 Å². The SMILES string of the molecule is CCC1(CNCc2cnnn2C)CCCC1. The molecule has 1 aromatic rings. The van der Waals surface area contributed by atoms with Crippen molar-refractivity contribution in [3.05, 3.63) is 11.9 Å². The third-order valence-electron chi connectivity index (χ3n) is 4.03. The molecular weight excluding hydrogens is 200 g/mol. The Hall–Kier alpha value is -0.900. The van der Waals surface area contributed by atoms with Gasteiger partial charge in [0.25, 0.3) is 0 Å². The van der Waals surface area contributed by atoms with Crippen molar-refractivity contribution < 1.29 is 0 Å². The highest BCUT2D eigenvalue weighted by Gasteiger charge is 2.31. The van der Waals surface area contributed by atoms with Gasteiger partial charge in [-0.3, -0.25) is 4.68 Å². The first kappa shape index (κ1) is 11.6. The third-order valence-corrected chi connectivity index (χ3v) is 4.03. The lowest BCUT2D eigenvalue weighted by atomic mass is 9.83. The fourth-order valence-electron chi connectivity index (χ4n) is 2.71. The average Bonchev–Trinajstić information content (AvgIpc) is 2.90. The zero-order chi connectivity index (χ0) is 11.4. The molecule has 90 valence electrons. The van der Waals surface area contributed by atoms with Gasteiger partial charge in [0.1, 0.15) is 0 Å². The van der Waals surface area contributed by atoms with E-state index in [1.165, 1.54) is 32.1 Å². The Labute approximate surface area is 97.4 Å². The fraction of sp³-hybridized carbons (Fsp3) is 0.833. The van der Waals surface area contributed by atoms with E-state index in [9.17, 15) is 0 Å². The van der Waals surface area contributed by atoms with Crippen LogP contribution in [0.1, 0.15) is 44.7 Å². The fourth-order valence-corrected chi connectivity index (χ4v) is 2.71. The normalized spacial score (nSPS) is 19.1. The molecule has 4 nitrogen and oxygen atoms in total. The van der Waals surface area contributed by atoms with Crippen LogP contribution in [0, 0.1) is 5.41 Å². The summed E-state index contributed by atoms with van der Waals surface area (Å²) in [4.78, 5) is 0. The second kappa shape index (κ2) is 4.95. The van der Waals surface area contributed by atoms with Gasteiger partial charge in [0, 0.05) is 20.1 Å². The number of nitrogens with one attached hydrogen (secondary N) is 1. The number of hydrogen-bond acceptors (Lipinski definition) is 3. The molecule has 2 rings (SSSR count). The van der Waals surface area contributed by atoms with Crippen molar-refractivity contribution in [2.24, 2.45) is 12.5 Å². The van der Waals surface area contributed by atoms with E-state index in [1.807, 2.05) is 17.9 Å². The van der Waals surface area contributed by atoms with Crippen molar-refractivity contribution in [3.8, 4) is 0 Å². The number of aryl methyl sites for hydroxylation is 1. The monoisotopic (exact) mass is 222 g/mol. The maximum absolute atomic E-state index is 3.93. The van der Waals surface area contributed by atoms with Crippen molar-refractivity contribution in [1.29, 1.82) is 0 Å².